The number of oxazole rings is 1. The Morgan fingerprint density at radius 3 is 2.24 bits per heavy atom. The van der Waals surface area contributed by atoms with Crippen LogP contribution in [0.3, 0.4) is 0 Å². The first kappa shape index (κ1) is 21.2. The van der Waals surface area contributed by atoms with Crippen LogP contribution in [0.1, 0.15) is 5.56 Å². The predicted molar refractivity (Wildman–Crippen MR) is 102 cm³/mol. The largest absolute Gasteiger partial charge is 0.446 e. The lowest BCUT2D eigenvalue weighted by Gasteiger charge is -2.04. The molecule has 2 aromatic carbocycles. The minimum Gasteiger partial charge on any atom is -0.435 e. The van der Waals surface area contributed by atoms with Crippen molar-refractivity contribution in [1.29, 1.82) is 0 Å². The lowest BCUT2D eigenvalue weighted by atomic mass is 10.2. The third kappa shape index (κ3) is 5.10. The maximum atomic E-state index is 14.4. The number of hydrogen-bond acceptors (Lipinski definition) is 8. The standard InChI is InChI=1S/C15H9BrFNO9S2/c1-7(16)11-4-9(27-29(22,23)24)6-13-14(11)25-15(18-13)10-3-2-8(5-12(10)17)26-28(19,20)21/h2-6H,1H2,(H,19,20,21)(H,22,23,24). The molecule has 0 saturated carbocycles. The second kappa shape index (κ2) is 7.38. The molecule has 0 aliphatic rings. The Hall–Kier alpha value is -2.52. The molecule has 14 heteroatoms. The van der Waals surface area contributed by atoms with E-state index in [0.29, 0.717) is 6.07 Å². The highest BCUT2D eigenvalue weighted by Crippen LogP contribution is 2.36. The smallest absolute Gasteiger partial charge is 0.435 e. The zero-order chi connectivity index (χ0) is 21.6. The van der Waals surface area contributed by atoms with Gasteiger partial charge in [0.15, 0.2) is 5.58 Å². The molecular formula is C15H9BrFNO9S2. The molecule has 10 nitrogen and oxygen atoms in total. The molecule has 0 unspecified atom stereocenters. The van der Waals surface area contributed by atoms with Gasteiger partial charge in [-0.25, -0.2) is 9.37 Å². The number of aromatic nitrogens is 1. The van der Waals surface area contributed by atoms with Crippen LogP contribution in [0, 0.1) is 5.82 Å². The van der Waals surface area contributed by atoms with E-state index in [2.05, 4.69) is 35.9 Å². The highest BCUT2D eigenvalue weighted by atomic mass is 79.9. The molecule has 3 rings (SSSR count). The molecule has 0 fully saturated rings. The zero-order valence-electron chi connectivity index (χ0n) is 13.9. The fourth-order valence-corrected chi connectivity index (χ4v) is 3.32. The summed E-state index contributed by atoms with van der Waals surface area (Å²) in [4.78, 5) is 4.05. The fourth-order valence-electron chi connectivity index (χ4n) is 2.34. The molecule has 0 atom stereocenters. The SMILES string of the molecule is C=C(Br)c1cc(OS(=O)(=O)O)cc2nc(-c3ccc(OS(=O)(=O)O)cc3F)oc12. The molecule has 0 aliphatic heterocycles. The Morgan fingerprint density at radius 2 is 1.69 bits per heavy atom. The van der Waals surface area contributed by atoms with Crippen molar-refractivity contribution in [3.8, 4) is 23.0 Å². The van der Waals surface area contributed by atoms with Crippen molar-refractivity contribution in [2.75, 3.05) is 0 Å². The first-order valence-electron chi connectivity index (χ1n) is 7.25. The van der Waals surface area contributed by atoms with Crippen LogP contribution in [-0.2, 0) is 20.8 Å². The Labute approximate surface area is 171 Å². The lowest BCUT2D eigenvalue weighted by molar-refractivity contribution is 0.384. The van der Waals surface area contributed by atoms with Crippen LogP contribution in [0.5, 0.6) is 11.5 Å². The summed E-state index contributed by atoms with van der Waals surface area (Å²) in [6.45, 7) is 3.65. The Bertz CT molecular complexity index is 1350. The maximum absolute atomic E-state index is 14.4. The van der Waals surface area contributed by atoms with Crippen LogP contribution in [0.15, 0.2) is 41.3 Å². The lowest BCUT2D eigenvalue weighted by Crippen LogP contribution is -2.06. The summed E-state index contributed by atoms with van der Waals surface area (Å²) in [6.07, 6.45) is 0. The molecule has 1 aromatic heterocycles. The van der Waals surface area contributed by atoms with E-state index >= 15 is 0 Å². The first-order chi connectivity index (χ1) is 13.3. The summed E-state index contributed by atoms with van der Waals surface area (Å²) >= 11 is 3.11. The number of benzene rings is 2. The van der Waals surface area contributed by atoms with Crippen LogP contribution < -0.4 is 8.37 Å². The second-order valence-electron chi connectivity index (χ2n) is 5.41. The van der Waals surface area contributed by atoms with E-state index in [1.54, 1.807) is 0 Å². The Kier molecular flexibility index (Phi) is 5.40. The number of rotatable bonds is 6. The van der Waals surface area contributed by atoms with Crippen molar-refractivity contribution in [2.24, 2.45) is 0 Å². The van der Waals surface area contributed by atoms with Gasteiger partial charge < -0.3 is 12.8 Å². The van der Waals surface area contributed by atoms with Crippen molar-refractivity contribution in [1.82, 2.24) is 4.98 Å². The van der Waals surface area contributed by atoms with E-state index in [1.165, 1.54) is 6.07 Å². The summed E-state index contributed by atoms with van der Waals surface area (Å²) in [7, 11) is -9.64. The average Bonchev–Trinajstić information content (AvgIpc) is 2.94. The minimum absolute atomic E-state index is 0.0504. The van der Waals surface area contributed by atoms with Crippen LogP contribution >= 0.6 is 15.9 Å². The molecule has 0 amide bonds. The van der Waals surface area contributed by atoms with Gasteiger partial charge in [0.2, 0.25) is 5.89 Å². The van der Waals surface area contributed by atoms with Gasteiger partial charge in [-0.1, -0.05) is 22.5 Å². The van der Waals surface area contributed by atoms with Gasteiger partial charge in [0.25, 0.3) is 0 Å². The van der Waals surface area contributed by atoms with Gasteiger partial charge in [-0.15, -0.1) is 0 Å². The van der Waals surface area contributed by atoms with Gasteiger partial charge >= 0.3 is 20.8 Å². The second-order valence-corrected chi connectivity index (χ2v) is 8.41. The molecule has 0 saturated heterocycles. The van der Waals surface area contributed by atoms with E-state index in [0.717, 1.165) is 18.2 Å². The normalized spacial score (nSPS) is 12.1. The monoisotopic (exact) mass is 509 g/mol. The van der Waals surface area contributed by atoms with Gasteiger partial charge in [-0.05, 0) is 18.2 Å². The number of halogens is 2. The molecule has 0 spiro atoms. The molecular weight excluding hydrogens is 501 g/mol. The minimum atomic E-state index is -4.83. The average molecular weight is 510 g/mol. The molecule has 0 aliphatic carbocycles. The number of hydrogen-bond donors (Lipinski definition) is 2. The molecule has 0 radical (unpaired) electrons. The van der Waals surface area contributed by atoms with Crippen LogP contribution in [0.25, 0.3) is 27.0 Å². The van der Waals surface area contributed by atoms with Gasteiger partial charge in [0, 0.05) is 22.2 Å². The van der Waals surface area contributed by atoms with E-state index in [4.69, 9.17) is 13.5 Å². The van der Waals surface area contributed by atoms with Crippen molar-refractivity contribution in [3.05, 3.63) is 48.3 Å². The van der Waals surface area contributed by atoms with Gasteiger partial charge in [-0.2, -0.15) is 16.8 Å². The molecule has 0 bridgehead atoms. The zero-order valence-corrected chi connectivity index (χ0v) is 17.1. The van der Waals surface area contributed by atoms with Crippen molar-refractivity contribution in [2.45, 2.75) is 0 Å². The third-order valence-electron chi connectivity index (χ3n) is 3.33. The van der Waals surface area contributed by atoms with Crippen molar-refractivity contribution in [3.63, 3.8) is 0 Å². The summed E-state index contributed by atoms with van der Waals surface area (Å²) in [6, 6.07) is 5.16. The fraction of sp³-hybridized carbons (Fsp3) is 0. The topological polar surface area (TPSA) is 153 Å². The van der Waals surface area contributed by atoms with Gasteiger partial charge in [-0.3, -0.25) is 9.11 Å². The summed E-state index contributed by atoms with van der Waals surface area (Å²) in [5, 5.41) is 0. The van der Waals surface area contributed by atoms with E-state index in [-0.39, 0.29) is 38.3 Å². The van der Waals surface area contributed by atoms with Crippen LogP contribution in [0.2, 0.25) is 0 Å². The quantitative estimate of drug-likeness (QED) is 0.472. The van der Waals surface area contributed by atoms with E-state index in [1.807, 2.05) is 0 Å². The summed E-state index contributed by atoms with van der Waals surface area (Å²) < 4.78 is 89.6. The maximum Gasteiger partial charge on any atom is 0.446 e. The Balaban J connectivity index is 2.12. The van der Waals surface area contributed by atoms with Crippen LogP contribution in [0.4, 0.5) is 4.39 Å². The number of nitrogens with zero attached hydrogens (tertiary/aromatic N) is 1. The Morgan fingerprint density at radius 1 is 1.07 bits per heavy atom. The summed E-state index contributed by atoms with van der Waals surface area (Å²) in [5.41, 5.74) is 0.176. The molecule has 2 N–H and O–H groups in total. The predicted octanol–water partition coefficient (Wildman–Crippen LogP) is 3.36. The van der Waals surface area contributed by atoms with E-state index < -0.39 is 32.4 Å². The van der Waals surface area contributed by atoms with E-state index in [9.17, 15) is 21.2 Å². The molecule has 3 aromatic rings. The van der Waals surface area contributed by atoms with Crippen molar-refractivity contribution < 1.29 is 43.1 Å². The van der Waals surface area contributed by atoms with Crippen LogP contribution in [-0.4, -0.2) is 30.9 Å². The molecule has 1 heterocycles. The first-order valence-corrected chi connectivity index (χ1v) is 10.8. The number of fused-ring (bicyclic) bond motifs is 1. The summed E-state index contributed by atoms with van der Waals surface area (Å²) in [5.74, 6) is -2.00. The highest BCUT2D eigenvalue weighted by molar-refractivity contribution is 9.15. The molecule has 154 valence electrons. The third-order valence-corrected chi connectivity index (χ3v) is 4.56. The van der Waals surface area contributed by atoms with Gasteiger partial charge in [0.1, 0.15) is 22.8 Å². The van der Waals surface area contributed by atoms with Gasteiger partial charge in [0.05, 0.1) is 5.56 Å². The van der Waals surface area contributed by atoms with Crippen molar-refractivity contribution >= 4 is 52.3 Å². The highest BCUT2D eigenvalue weighted by Gasteiger charge is 2.20. The molecule has 29 heavy (non-hydrogen) atoms.